The number of hydrogen-bond donors (Lipinski definition) is 3. The normalized spacial score (nSPS) is 24.3. The Kier molecular flexibility index (Phi) is 4.97. The highest BCUT2D eigenvalue weighted by Gasteiger charge is 2.56. The van der Waals surface area contributed by atoms with Crippen molar-refractivity contribution in [2.24, 2.45) is 0 Å². The molecule has 2 aromatic carbocycles. The number of rotatable bonds is 4. The van der Waals surface area contributed by atoms with E-state index in [2.05, 4.69) is 10.0 Å². The van der Waals surface area contributed by atoms with E-state index in [-0.39, 0.29) is 24.5 Å². The van der Waals surface area contributed by atoms with Crippen molar-refractivity contribution in [3.05, 3.63) is 58.4 Å². The number of hydrogen-bond acceptors (Lipinski definition) is 5. The van der Waals surface area contributed by atoms with Crippen LogP contribution in [-0.2, 0) is 30.9 Å². The standard InChI is InChI=1S/C22H21ClFN3O5S/c23-14-8-13(9-15(24)10-14)12-25-19(28)22(30)6-7-27(20(22)29)16-2-3-18-17(11-16)21(4-1-5-21)33(31,32)26-18/h2-3,8-11,26,30H,1,4-7,12H2,(H,25,28)/t22-/m0/s1. The number of halogens is 2. The Hall–Kier alpha value is -2.69. The number of amides is 2. The maximum atomic E-state index is 13.5. The van der Waals surface area contributed by atoms with Crippen molar-refractivity contribution in [2.45, 2.75) is 42.6 Å². The van der Waals surface area contributed by atoms with Crippen LogP contribution in [-0.4, -0.2) is 37.5 Å². The third kappa shape index (κ3) is 3.31. The van der Waals surface area contributed by atoms with Crippen molar-refractivity contribution >= 4 is 44.8 Å². The van der Waals surface area contributed by atoms with Crippen LogP contribution in [0, 0.1) is 5.82 Å². The molecule has 33 heavy (non-hydrogen) atoms. The molecule has 1 saturated carbocycles. The summed E-state index contributed by atoms with van der Waals surface area (Å²) in [6.07, 6.45) is 1.66. The number of benzene rings is 2. The number of nitrogens with one attached hydrogen (secondary N) is 2. The lowest BCUT2D eigenvalue weighted by atomic mass is 9.78. The number of fused-ring (bicyclic) bond motifs is 2. The molecule has 0 bridgehead atoms. The van der Waals surface area contributed by atoms with E-state index >= 15 is 0 Å². The van der Waals surface area contributed by atoms with Gasteiger partial charge in [0.25, 0.3) is 11.8 Å². The predicted octanol–water partition coefficient (Wildman–Crippen LogP) is 2.40. The van der Waals surface area contributed by atoms with Crippen LogP contribution in [0.15, 0.2) is 36.4 Å². The minimum atomic E-state index is -3.54. The van der Waals surface area contributed by atoms with Crippen molar-refractivity contribution in [3.8, 4) is 0 Å². The molecule has 0 radical (unpaired) electrons. The topological polar surface area (TPSA) is 116 Å². The average Bonchev–Trinajstić information content (AvgIpc) is 3.14. The van der Waals surface area contributed by atoms with E-state index < -0.39 is 38.0 Å². The maximum absolute atomic E-state index is 13.5. The molecule has 1 spiro atoms. The molecule has 2 aromatic rings. The van der Waals surface area contributed by atoms with Gasteiger partial charge in [0.1, 0.15) is 10.6 Å². The van der Waals surface area contributed by atoms with E-state index in [0.717, 1.165) is 12.5 Å². The fourth-order valence-corrected chi connectivity index (χ4v) is 6.98. The number of anilines is 2. The summed E-state index contributed by atoms with van der Waals surface area (Å²) in [5.74, 6) is -2.25. The van der Waals surface area contributed by atoms with Crippen molar-refractivity contribution in [1.82, 2.24) is 5.32 Å². The van der Waals surface area contributed by atoms with Crippen LogP contribution in [0.4, 0.5) is 15.8 Å². The quantitative estimate of drug-likeness (QED) is 0.566. The lowest BCUT2D eigenvalue weighted by Gasteiger charge is -2.36. The van der Waals surface area contributed by atoms with Gasteiger partial charge in [0.05, 0.1) is 5.69 Å². The van der Waals surface area contributed by atoms with Crippen LogP contribution in [0.1, 0.15) is 36.8 Å². The minimum absolute atomic E-state index is 0.0838. The van der Waals surface area contributed by atoms with Gasteiger partial charge in [0.2, 0.25) is 15.6 Å². The van der Waals surface area contributed by atoms with Gasteiger partial charge in [-0.25, -0.2) is 12.8 Å². The molecule has 11 heteroatoms. The summed E-state index contributed by atoms with van der Waals surface area (Å²) in [5, 5.41) is 13.5. The lowest BCUT2D eigenvalue weighted by Crippen LogP contribution is -2.52. The Bertz CT molecular complexity index is 1280. The van der Waals surface area contributed by atoms with Gasteiger partial charge < -0.3 is 15.3 Å². The summed E-state index contributed by atoms with van der Waals surface area (Å²) in [6.45, 7) is -0.0304. The molecular weight excluding hydrogens is 473 g/mol. The summed E-state index contributed by atoms with van der Waals surface area (Å²) in [5.41, 5.74) is -0.370. The zero-order valence-corrected chi connectivity index (χ0v) is 19.0. The molecule has 0 aromatic heterocycles. The lowest BCUT2D eigenvalue weighted by molar-refractivity contribution is -0.149. The van der Waals surface area contributed by atoms with E-state index in [1.165, 1.54) is 17.0 Å². The number of carbonyl (C=O) groups excluding carboxylic acids is 2. The second-order valence-electron chi connectivity index (χ2n) is 8.71. The van der Waals surface area contributed by atoms with Crippen molar-refractivity contribution in [3.63, 3.8) is 0 Å². The minimum Gasteiger partial charge on any atom is -0.372 e. The summed E-state index contributed by atoms with van der Waals surface area (Å²) < 4.78 is 40.4. The Morgan fingerprint density at radius 2 is 1.97 bits per heavy atom. The number of aliphatic hydroxyl groups is 1. The first-order chi connectivity index (χ1) is 15.6. The first kappa shape index (κ1) is 22.1. The van der Waals surface area contributed by atoms with Gasteiger partial charge in [-0.2, -0.15) is 0 Å². The number of nitrogens with zero attached hydrogens (tertiary/aromatic N) is 1. The van der Waals surface area contributed by atoms with Gasteiger partial charge in [0.15, 0.2) is 0 Å². The second-order valence-corrected chi connectivity index (χ2v) is 11.1. The highest BCUT2D eigenvalue weighted by molar-refractivity contribution is 7.94. The predicted molar refractivity (Wildman–Crippen MR) is 120 cm³/mol. The highest BCUT2D eigenvalue weighted by Crippen LogP contribution is 2.55. The smallest absolute Gasteiger partial charge is 0.268 e. The molecule has 0 unspecified atom stereocenters. The fourth-order valence-electron chi connectivity index (χ4n) is 4.79. The first-order valence-corrected chi connectivity index (χ1v) is 12.4. The summed E-state index contributed by atoms with van der Waals surface area (Å²) in [4.78, 5) is 27.1. The molecule has 2 heterocycles. The van der Waals surface area contributed by atoms with Crippen LogP contribution >= 0.6 is 11.6 Å². The summed E-state index contributed by atoms with van der Waals surface area (Å²) in [7, 11) is -3.54. The molecule has 1 saturated heterocycles. The third-order valence-electron chi connectivity index (χ3n) is 6.77. The monoisotopic (exact) mass is 493 g/mol. The Morgan fingerprint density at radius 3 is 2.64 bits per heavy atom. The summed E-state index contributed by atoms with van der Waals surface area (Å²) >= 11 is 5.82. The molecule has 5 rings (SSSR count). The Balaban J connectivity index is 1.35. The van der Waals surface area contributed by atoms with Crippen molar-refractivity contribution in [2.75, 3.05) is 16.2 Å². The average molecular weight is 494 g/mol. The molecular formula is C22H21ClFN3O5S. The van der Waals surface area contributed by atoms with E-state index in [4.69, 9.17) is 11.6 Å². The van der Waals surface area contributed by atoms with Crippen LogP contribution in [0.5, 0.6) is 0 Å². The Labute approximate surface area is 194 Å². The Morgan fingerprint density at radius 1 is 1.21 bits per heavy atom. The van der Waals surface area contributed by atoms with Gasteiger partial charge in [0, 0.05) is 35.8 Å². The molecule has 3 N–H and O–H groups in total. The van der Waals surface area contributed by atoms with E-state index in [9.17, 15) is 27.5 Å². The molecule has 3 aliphatic rings. The van der Waals surface area contributed by atoms with Crippen LogP contribution in [0.2, 0.25) is 5.02 Å². The largest absolute Gasteiger partial charge is 0.372 e. The van der Waals surface area contributed by atoms with Crippen LogP contribution in [0.3, 0.4) is 0 Å². The molecule has 2 amide bonds. The van der Waals surface area contributed by atoms with Gasteiger partial charge in [-0.15, -0.1) is 0 Å². The van der Waals surface area contributed by atoms with Gasteiger partial charge in [-0.1, -0.05) is 11.6 Å². The molecule has 2 fully saturated rings. The summed E-state index contributed by atoms with van der Waals surface area (Å²) in [6, 6.07) is 8.65. The zero-order chi connectivity index (χ0) is 23.6. The maximum Gasteiger partial charge on any atom is 0.268 e. The van der Waals surface area contributed by atoms with Gasteiger partial charge >= 0.3 is 0 Å². The van der Waals surface area contributed by atoms with Gasteiger partial charge in [-0.05, 0) is 61.2 Å². The number of sulfonamides is 1. The third-order valence-corrected chi connectivity index (χ3v) is 9.14. The van der Waals surface area contributed by atoms with Crippen LogP contribution in [0.25, 0.3) is 0 Å². The van der Waals surface area contributed by atoms with Crippen LogP contribution < -0.4 is 14.9 Å². The SMILES string of the molecule is O=C(NCc1cc(F)cc(Cl)c1)[C@@]1(O)CCN(c2ccc3c(c2)C2(CCC2)S(=O)(=O)N3)C1=O. The van der Waals surface area contributed by atoms with Crippen molar-refractivity contribution in [1.29, 1.82) is 0 Å². The molecule has 1 atom stereocenters. The zero-order valence-electron chi connectivity index (χ0n) is 17.4. The fraction of sp³-hybridized carbons (Fsp3) is 0.364. The van der Waals surface area contributed by atoms with Gasteiger partial charge in [-0.3, -0.25) is 14.3 Å². The highest BCUT2D eigenvalue weighted by atomic mass is 35.5. The molecule has 2 aliphatic heterocycles. The molecule has 174 valence electrons. The van der Waals surface area contributed by atoms with E-state index in [1.54, 1.807) is 18.2 Å². The first-order valence-electron chi connectivity index (χ1n) is 10.5. The number of carbonyl (C=O) groups is 2. The molecule has 1 aliphatic carbocycles. The molecule has 8 nitrogen and oxygen atoms in total. The van der Waals surface area contributed by atoms with E-state index in [0.29, 0.717) is 35.3 Å². The van der Waals surface area contributed by atoms with E-state index in [1.807, 2.05) is 0 Å². The second kappa shape index (κ2) is 7.41. The van der Waals surface area contributed by atoms with Crippen molar-refractivity contribution < 1.29 is 27.5 Å².